The first-order valence-corrected chi connectivity index (χ1v) is 6.58. The summed E-state index contributed by atoms with van der Waals surface area (Å²) < 4.78 is 22.9. The number of carbonyl (C=O) groups excluding carboxylic acids is 1. The average Bonchev–Trinajstić information content (AvgIpc) is 2.25. The largest absolute Gasteiger partial charge is 0.385 e. The first-order chi connectivity index (χ1) is 7.75. The monoisotopic (exact) mass is 259 g/mol. The van der Waals surface area contributed by atoms with Gasteiger partial charge in [-0.2, -0.15) is 0 Å². The van der Waals surface area contributed by atoms with Crippen LogP contribution in [0.5, 0.6) is 0 Å². The van der Waals surface area contributed by atoms with E-state index in [4.69, 9.17) is 5.73 Å². The molecule has 0 aliphatic heterocycles. The molecular weight excluding hydrogens is 246 g/mol. The maximum Gasteiger partial charge on any atom is 0.249 e. The zero-order valence-electron chi connectivity index (χ0n) is 9.07. The Morgan fingerprint density at radius 2 is 1.82 bits per heavy atom. The van der Waals surface area contributed by atoms with Gasteiger partial charge in [-0.1, -0.05) is 18.2 Å². The van der Waals surface area contributed by atoms with Crippen LogP contribution in [0, 0.1) is 0 Å². The zero-order valence-corrected chi connectivity index (χ0v) is 9.89. The van der Waals surface area contributed by atoms with Gasteiger partial charge in [-0.3, -0.25) is 4.79 Å². The fraction of sp³-hybridized carbons (Fsp3) is 0.300. The second-order valence-electron chi connectivity index (χ2n) is 3.60. The molecule has 0 radical (unpaired) electrons. The molecule has 0 aromatic heterocycles. The van der Waals surface area contributed by atoms with Crippen LogP contribution >= 0.6 is 0 Å². The molecule has 0 aliphatic carbocycles. The molecule has 0 aliphatic rings. The zero-order chi connectivity index (χ0) is 13.2. The third kappa shape index (κ3) is 3.02. The lowest BCUT2D eigenvalue weighted by molar-refractivity contribution is -0.132. The number of aliphatic hydroxyl groups excluding tert-OH is 2. The Hall–Kier alpha value is -1.44. The standard InChI is InChI=1S/C10H13NO5S/c1-17(15,16)7-5-3-2-4-6(7)8(12)9(13)10(11)14/h2-5,8-9,12-13H,1H3,(H2,11,14). The van der Waals surface area contributed by atoms with Gasteiger partial charge in [0, 0.05) is 11.8 Å². The first kappa shape index (κ1) is 13.6. The van der Waals surface area contributed by atoms with Gasteiger partial charge in [-0.05, 0) is 6.07 Å². The Balaban J connectivity index is 3.28. The third-order valence-electron chi connectivity index (χ3n) is 2.23. The van der Waals surface area contributed by atoms with Crippen molar-refractivity contribution in [3.05, 3.63) is 29.8 Å². The number of hydrogen-bond donors (Lipinski definition) is 3. The van der Waals surface area contributed by atoms with Crippen molar-refractivity contribution in [1.82, 2.24) is 0 Å². The highest BCUT2D eigenvalue weighted by Gasteiger charge is 2.27. The van der Waals surface area contributed by atoms with Crippen LogP contribution in [0.4, 0.5) is 0 Å². The van der Waals surface area contributed by atoms with E-state index >= 15 is 0 Å². The summed E-state index contributed by atoms with van der Waals surface area (Å²) in [5, 5.41) is 19.0. The Morgan fingerprint density at radius 1 is 1.29 bits per heavy atom. The van der Waals surface area contributed by atoms with Crippen LogP contribution in [0.15, 0.2) is 29.2 Å². The van der Waals surface area contributed by atoms with Crippen LogP contribution in [-0.4, -0.2) is 36.9 Å². The highest BCUT2D eigenvalue weighted by molar-refractivity contribution is 7.90. The lowest BCUT2D eigenvalue weighted by atomic mass is 10.0. The van der Waals surface area contributed by atoms with E-state index in [0.717, 1.165) is 6.26 Å². The van der Waals surface area contributed by atoms with E-state index in [9.17, 15) is 23.4 Å². The van der Waals surface area contributed by atoms with Gasteiger partial charge in [0.1, 0.15) is 6.10 Å². The summed E-state index contributed by atoms with van der Waals surface area (Å²) in [7, 11) is -3.56. The first-order valence-electron chi connectivity index (χ1n) is 4.69. The van der Waals surface area contributed by atoms with Crippen LogP contribution in [0.3, 0.4) is 0 Å². The molecule has 2 atom stereocenters. The molecule has 6 nitrogen and oxygen atoms in total. The molecule has 1 aromatic carbocycles. The lowest BCUT2D eigenvalue weighted by Crippen LogP contribution is -2.34. The van der Waals surface area contributed by atoms with Gasteiger partial charge in [-0.15, -0.1) is 0 Å². The van der Waals surface area contributed by atoms with Crippen molar-refractivity contribution in [3.63, 3.8) is 0 Å². The molecule has 0 spiro atoms. The second-order valence-corrected chi connectivity index (χ2v) is 5.59. The number of benzene rings is 1. The van der Waals surface area contributed by atoms with Crippen LogP contribution < -0.4 is 5.73 Å². The van der Waals surface area contributed by atoms with E-state index in [0.29, 0.717) is 0 Å². The number of primary amides is 1. The minimum absolute atomic E-state index is 0.0544. The summed E-state index contributed by atoms with van der Waals surface area (Å²) in [6.07, 6.45) is -2.55. The minimum Gasteiger partial charge on any atom is -0.385 e. The van der Waals surface area contributed by atoms with Crippen molar-refractivity contribution in [2.24, 2.45) is 5.73 Å². The fourth-order valence-corrected chi connectivity index (χ4v) is 2.33. The molecule has 17 heavy (non-hydrogen) atoms. The predicted molar refractivity (Wildman–Crippen MR) is 59.7 cm³/mol. The molecule has 0 saturated heterocycles. The number of rotatable bonds is 4. The van der Waals surface area contributed by atoms with E-state index in [1.54, 1.807) is 0 Å². The number of aliphatic hydroxyl groups is 2. The van der Waals surface area contributed by atoms with E-state index in [2.05, 4.69) is 0 Å². The van der Waals surface area contributed by atoms with Crippen molar-refractivity contribution in [1.29, 1.82) is 0 Å². The van der Waals surface area contributed by atoms with Crippen molar-refractivity contribution >= 4 is 15.7 Å². The van der Waals surface area contributed by atoms with Gasteiger partial charge >= 0.3 is 0 Å². The summed E-state index contributed by atoms with van der Waals surface area (Å²) in [5.41, 5.74) is 4.78. The molecule has 0 fully saturated rings. The number of sulfone groups is 1. The maximum absolute atomic E-state index is 11.4. The van der Waals surface area contributed by atoms with Crippen LogP contribution in [0.1, 0.15) is 11.7 Å². The number of nitrogens with two attached hydrogens (primary N) is 1. The third-order valence-corrected chi connectivity index (χ3v) is 3.40. The Bertz CT molecular complexity index is 525. The maximum atomic E-state index is 11.4. The summed E-state index contributed by atoms with van der Waals surface area (Å²) in [5.74, 6) is -1.12. The van der Waals surface area contributed by atoms with E-state index < -0.39 is 28.0 Å². The fourth-order valence-electron chi connectivity index (χ4n) is 1.39. The molecule has 7 heteroatoms. The van der Waals surface area contributed by atoms with E-state index in [-0.39, 0.29) is 10.5 Å². The summed E-state index contributed by atoms with van der Waals surface area (Å²) >= 11 is 0. The smallest absolute Gasteiger partial charge is 0.249 e. The van der Waals surface area contributed by atoms with Crippen molar-refractivity contribution < 1.29 is 23.4 Å². The highest BCUT2D eigenvalue weighted by atomic mass is 32.2. The van der Waals surface area contributed by atoms with Gasteiger partial charge < -0.3 is 15.9 Å². The summed E-state index contributed by atoms with van der Waals surface area (Å²) in [6.45, 7) is 0. The molecule has 1 aromatic rings. The molecule has 0 heterocycles. The second kappa shape index (κ2) is 4.82. The highest BCUT2D eigenvalue weighted by Crippen LogP contribution is 2.24. The van der Waals surface area contributed by atoms with Gasteiger partial charge in [0.05, 0.1) is 4.90 Å². The van der Waals surface area contributed by atoms with Gasteiger partial charge in [-0.25, -0.2) is 8.42 Å². The SMILES string of the molecule is CS(=O)(=O)c1ccccc1C(O)C(O)C(N)=O. The Morgan fingerprint density at radius 3 is 2.29 bits per heavy atom. The molecule has 94 valence electrons. The Labute approximate surface area is 98.6 Å². The van der Waals surface area contributed by atoms with E-state index in [1.165, 1.54) is 24.3 Å². The minimum atomic E-state index is -3.56. The quantitative estimate of drug-likeness (QED) is 0.639. The number of amides is 1. The number of hydrogen-bond acceptors (Lipinski definition) is 5. The Kier molecular flexibility index (Phi) is 3.87. The van der Waals surface area contributed by atoms with E-state index in [1.807, 2.05) is 0 Å². The molecule has 0 saturated carbocycles. The molecule has 1 rings (SSSR count). The predicted octanol–water partition coefficient (Wildman–Crippen LogP) is -1.03. The van der Waals surface area contributed by atoms with Gasteiger partial charge in [0.25, 0.3) is 0 Å². The van der Waals surface area contributed by atoms with Crippen LogP contribution in [-0.2, 0) is 14.6 Å². The van der Waals surface area contributed by atoms with Crippen molar-refractivity contribution in [2.45, 2.75) is 17.1 Å². The van der Waals surface area contributed by atoms with Gasteiger partial charge in [0.2, 0.25) is 5.91 Å². The summed E-state index contributed by atoms with van der Waals surface area (Å²) in [4.78, 5) is 10.6. The van der Waals surface area contributed by atoms with Crippen LogP contribution in [0.25, 0.3) is 0 Å². The molecular formula is C10H13NO5S. The number of carbonyl (C=O) groups is 1. The van der Waals surface area contributed by atoms with Crippen molar-refractivity contribution in [2.75, 3.05) is 6.26 Å². The average molecular weight is 259 g/mol. The lowest BCUT2D eigenvalue weighted by Gasteiger charge is -2.17. The molecule has 0 bridgehead atoms. The normalized spacial score (nSPS) is 15.2. The molecule has 1 amide bonds. The van der Waals surface area contributed by atoms with Gasteiger partial charge in [0.15, 0.2) is 15.9 Å². The van der Waals surface area contributed by atoms with Crippen LogP contribution in [0.2, 0.25) is 0 Å². The topological polar surface area (TPSA) is 118 Å². The molecule has 2 unspecified atom stereocenters. The van der Waals surface area contributed by atoms with Crippen molar-refractivity contribution in [3.8, 4) is 0 Å². The molecule has 4 N–H and O–H groups in total. The summed E-state index contributed by atoms with van der Waals surface area (Å²) in [6, 6.07) is 5.55.